The number of allylic oxidation sites excluding steroid dienone is 3. The fourth-order valence-electron chi connectivity index (χ4n) is 6.13. The molecule has 1 amide bonds. The molecule has 3 atom stereocenters. The molecule has 204 valence electrons. The van der Waals surface area contributed by atoms with E-state index in [4.69, 9.17) is 5.73 Å². The van der Waals surface area contributed by atoms with E-state index >= 15 is 0 Å². The summed E-state index contributed by atoms with van der Waals surface area (Å²) >= 11 is 0. The Morgan fingerprint density at radius 2 is 1.74 bits per heavy atom. The number of aliphatic hydroxyl groups excluding tert-OH is 2. The number of Topliss-reactive ketones (excluding diaryl/α,β-unsaturated/α-hetero) is 2. The number of aromatic hydroxyl groups is 1. The topological polar surface area (TPSA) is 153 Å². The monoisotopic (exact) mass is 539 g/mol. The second-order valence-corrected chi connectivity index (χ2v) is 10.4. The summed E-state index contributed by atoms with van der Waals surface area (Å²) in [5.41, 5.74) is 6.20. The van der Waals surface area contributed by atoms with Crippen molar-refractivity contribution in [3.63, 3.8) is 0 Å². The first-order valence-corrected chi connectivity index (χ1v) is 12.4. The van der Waals surface area contributed by atoms with Crippen LogP contribution in [0, 0.1) is 29.4 Å². The molecule has 9 nitrogen and oxygen atoms in total. The van der Waals surface area contributed by atoms with E-state index in [2.05, 4.69) is 5.32 Å². The van der Waals surface area contributed by atoms with Crippen molar-refractivity contribution in [2.75, 3.05) is 24.3 Å². The quantitative estimate of drug-likeness (QED) is 0.286. The number of nitrogens with zero attached hydrogens (tertiary/aromatic N) is 1. The van der Waals surface area contributed by atoms with Gasteiger partial charge < -0.3 is 31.3 Å². The van der Waals surface area contributed by atoms with Gasteiger partial charge in [-0.25, -0.2) is 8.78 Å². The molecule has 0 saturated carbocycles. The predicted molar refractivity (Wildman–Crippen MR) is 137 cm³/mol. The minimum Gasteiger partial charge on any atom is -0.511 e. The Labute approximate surface area is 222 Å². The molecule has 11 heteroatoms. The molecule has 0 aromatic heterocycles. The number of anilines is 2. The summed E-state index contributed by atoms with van der Waals surface area (Å²) in [6, 6.07) is 4.66. The summed E-state index contributed by atoms with van der Waals surface area (Å²) in [6.07, 6.45) is 0.510. The van der Waals surface area contributed by atoms with Crippen LogP contribution in [0.1, 0.15) is 34.3 Å². The number of hydrogen-bond donors (Lipinski definition) is 5. The maximum absolute atomic E-state index is 13.8. The second-order valence-electron chi connectivity index (χ2n) is 10.4. The third kappa shape index (κ3) is 4.27. The maximum atomic E-state index is 13.8. The molecule has 2 unspecified atom stereocenters. The van der Waals surface area contributed by atoms with E-state index in [1.165, 1.54) is 0 Å². The van der Waals surface area contributed by atoms with Gasteiger partial charge in [0, 0.05) is 44.4 Å². The average Bonchev–Trinajstić information content (AvgIpc) is 2.81. The van der Waals surface area contributed by atoms with Crippen LogP contribution >= 0.6 is 0 Å². The largest absolute Gasteiger partial charge is 0.511 e. The van der Waals surface area contributed by atoms with Crippen molar-refractivity contribution < 1.29 is 38.5 Å². The van der Waals surface area contributed by atoms with Crippen LogP contribution in [0.3, 0.4) is 0 Å². The van der Waals surface area contributed by atoms with Crippen LogP contribution in [-0.4, -0.2) is 46.9 Å². The molecule has 6 N–H and O–H groups in total. The van der Waals surface area contributed by atoms with E-state index in [9.17, 15) is 38.5 Å². The summed E-state index contributed by atoms with van der Waals surface area (Å²) in [6.45, 7) is -0.0529. The number of fused-ring (bicyclic) bond motifs is 3. The molecule has 0 heterocycles. The third-order valence-corrected chi connectivity index (χ3v) is 7.75. The van der Waals surface area contributed by atoms with Crippen LogP contribution in [0.15, 0.2) is 46.9 Å². The van der Waals surface area contributed by atoms with Gasteiger partial charge in [-0.05, 0) is 54.0 Å². The molecule has 3 aliphatic carbocycles. The molecule has 2 aromatic carbocycles. The van der Waals surface area contributed by atoms with Crippen molar-refractivity contribution in [3.8, 4) is 5.75 Å². The smallest absolute Gasteiger partial charge is 0.255 e. The predicted octanol–water partition coefficient (Wildman–Crippen LogP) is 3.42. The number of carbonyl (C=O) groups is 3. The van der Waals surface area contributed by atoms with Gasteiger partial charge in [0.2, 0.25) is 0 Å². The highest BCUT2D eigenvalue weighted by molar-refractivity contribution is 6.22. The molecule has 0 fully saturated rings. The lowest BCUT2D eigenvalue weighted by Crippen LogP contribution is -2.43. The summed E-state index contributed by atoms with van der Waals surface area (Å²) in [4.78, 5) is 40.4. The molecule has 0 radical (unpaired) electrons. The van der Waals surface area contributed by atoms with Gasteiger partial charge in [-0.15, -0.1) is 0 Å². The molecule has 0 saturated heterocycles. The molecule has 0 bridgehead atoms. The zero-order valence-corrected chi connectivity index (χ0v) is 21.2. The van der Waals surface area contributed by atoms with Gasteiger partial charge in [0.25, 0.3) is 5.91 Å². The Bertz CT molecular complexity index is 1490. The highest BCUT2D eigenvalue weighted by atomic mass is 19.1. The van der Waals surface area contributed by atoms with Crippen molar-refractivity contribution in [1.82, 2.24) is 0 Å². The van der Waals surface area contributed by atoms with Gasteiger partial charge in [0.1, 0.15) is 34.5 Å². The van der Waals surface area contributed by atoms with E-state index in [1.54, 1.807) is 25.1 Å². The number of ketones is 2. The van der Waals surface area contributed by atoms with Crippen LogP contribution in [-0.2, 0) is 22.6 Å². The molecular formula is C28H27F2N3O6. The minimum atomic E-state index is -1.21. The minimum absolute atomic E-state index is 0.0216. The molecule has 39 heavy (non-hydrogen) atoms. The Morgan fingerprint density at radius 3 is 2.36 bits per heavy atom. The molecule has 0 aliphatic heterocycles. The molecule has 0 spiro atoms. The van der Waals surface area contributed by atoms with Crippen molar-refractivity contribution >= 4 is 28.8 Å². The average molecular weight is 540 g/mol. The van der Waals surface area contributed by atoms with E-state index < -0.39 is 69.7 Å². The molecule has 2 aromatic rings. The molecule has 5 rings (SSSR count). The number of phenolic OH excluding ortho intramolecular Hbond substituents is 1. The first-order valence-electron chi connectivity index (χ1n) is 12.4. The van der Waals surface area contributed by atoms with Crippen molar-refractivity contribution in [1.29, 1.82) is 0 Å². The zero-order chi connectivity index (χ0) is 28.3. The normalized spacial score (nSPS) is 22.3. The highest BCUT2D eigenvalue weighted by Gasteiger charge is 2.50. The van der Waals surface area contributed by atoms with Crippen LogP contribution in [0.4, 0.5) is 20.2 Å². The lowest BCUT2D eigenvalue weighted by atomic mass is 9.62. The Balaban J connectivity index is 1.57. The zero-order valence-electron chi connectivity index (χ0n) is 21.2. The van der Waals surface area contributed by atoms with Gasteiger partial charge in [-0.3, -0.25) is 14.4 Å². The molecule has 3 aliphatic rings. The SMILES string of the molecule is CN(C)c1cc(NCc2cc(F)cc(F)c2)c(O)c2c1C[C@H]1CC3CC(O)=C(C(N)=O)C(=O)C3C(O)=C1C2=O. The maximum Gasteiger partial charge on any atom is 0.255 e. The number of phenols is 1. The third-order valence-electron chi connectivity index (χ3n) is 7.75. The number of halogens is 2. The van der Waals surface area contributed by atoms with Gasteiger partial charge >= 0.3 is 0 Å². The standard InChI is InChI=1S/C28H27F2N3O6/c1-33(2)18-9-17(32-10-11-3-14(29)8-15(30)4-11)24(35)22-16(18)6-12-5-13-7-19(34)23(28(31)39)27(38)21(13)25(36)20(12)26(22)37/h3-4,8-9,12-13,21,32,34-36H,5-7,10H2,1-2H3,(H2,31,39)/t12-,13?,21?/m1/s1. The molecular weight excluding hydrogens is 512 g/mol. The van der Waals surface area contributed by atoms with E-state index in [-0.39, 0.29) is 48.2 Å². The summed E-state index contributed by atoms with van der Waals surface area (Å²) < 4.78 is 27.3. The van der Waals surface area contributed by atoms with Gasteiger partial charge in [-0.1, -0.05) is 0 Å². The number of carbonyl (C=O) groups excluding carboxylic acids is 3. The van der Waals surface area contributed by atoms with Crippen LogP contribution in [0.5, 0.6) is 5.75 Å². The van der Waals surface area contributed by atoms with Crippen molar-refractivity contribution in [2.24, 2.45) is 23.5 Å². The number of amides is 1. The van der Waals surface area contributed by atoms with Crippen LogP contribution < -0.4 is 16.0 Å². The second kappa shape index (κ2) is 9.40. The number of aliphatic hydroxyl groups is 2. The summed E-state index contributed by atoms with van der Waals surface area (Å²) in [7, 11) is 3.52. The number of primary amides is 1. The highest BCUT2D eigenvalue weighted by Crippen LogP contribution is 2.51. The van der Waals surface area contributed by atoms with Gasteiger partial charge in [0.15, 0.2) is 11.6 Å². The summed E-state index contributed by atoms with van der Waals surface area (Å²) in [5, 5.41) is 35.6. The lowest BCUT2D eigenvalue weighted by Gasteiger charge is -2.41. The van der Waals surface area contributed by atoms with E-state index in [0.717, 1.165) is 18.2 Å². The van der Waals surface area contributed by atoms with Crippen molar-refractivity contribution in [2.45, 2.75) is 25.8 Å². The fraction of sp³-hybridized carbons (Fsp3) is 0.321. The number of rotatable bonds is 5. The van der Waals surface area contributed by atoms with Gasteiger partial charge in [0.05, 0.1) is 17.2 Å². The Kier molecular flexibility index (Phi) is 6.32. The number of benzene rings is 2. The first-order chi connectivity index (χ1) is 18.4. The Morgan fingerprint density at radius 1 is 1.08 bits per heavy atom. The number of nitrogens with one attached hydrogen (secondary N) is 1. The van der Waals surface area contributed by atoms with E-state index in [0.29, 0.717) is 11.3 Å². The Hall–Kier alpha value is -4.41. The van der Waals surface area contributed by atoms with Crippen molar-refractivity contribution in [3.05, 3.63) is 75.3 Å². The van der Waals surface area contributed by atoms with Gasteiger partial charge in [-0.2, -0.15) is 0 Å². The van der Waals surface area contributed by atoms with Crippen LogP contribution in [0.2, 0.25) is 0 Å². The lowest BCUT2D eigenvalue weighted by molar-refractivity contribution is -0.126. The number of hydrogen-bond acceptors (Lipinski definition) is 8. The number of nitrogens with two attached hydrogens (primary N) is 1. The van der Waals surface area contributed by atoms with E-state index in [1.807, 2.05) is 0 Å². The first kappa shape index (κ1) is 26.2. The van der Waals surface area contributed by atoms with Crippen LogP contribution in [0.25, 0.3) is 0 Å². The summed E-state index contributed by atoms with van der Waals surface area (Å²) in [5.74, 6) is -7.66. The fourth-order valence-corrected chi connectivity index (χ4v) is 6.13.